The summed E-state index contributed by atoms with van der Waals surface area (Å²) >= 11 is 0. The van der Waals surface area contributed by atoms with E-state index < -0.39 is 5.79 Å². The van der Waals surface area contributed by atoms with E-state index in [9.17, 15) is 5.11 Å². The Bertz CT molecular complexity index is 2070. The molecule has 0 radical (unpaired) electrons. The van der Waals surface area contributed by atoms with Crippen LogP contribution < -0.4 is 4.74 Å². The van der Waals surface area contributed by atoms with E-state index >= 15 is 0 Å². The molecule has 0 amide bonds. The summed E-state index contributed by atoms with van der Waals surface area (Å²) in [5, 5.41) is 13.5. The maximum absolute atomic E-state index is 10.7. The van der Waals surface area contributed by atoms with E-state index in [4.69, 9.17) is 9.47 Å². The molecule has 0 aliphatic carbocycles. The largest absolute Gasteiger partial charge is 0.462 e. The average molecular weight is 645 g/mol. The molecule has 11 atom stereocenters. The molecule has 4 aromatic rings. The van der Waals surface area contributed by atoms with Crippen molar-refractivity contribution in [3.8, 4) is 5.75 Å². The predicted molar refractivity (Wildman–Crippen MR) is 187 cm³/mol. The SMILES string of the molecule is CC=C1CN2C3CC1C(CO)C2Cc1c3n(C)c2ccc3c(c12)CC1C2CC4c5c(c6ccccc6n5C)CC(C2COC1(C)O3)N4C. The fourth-order valence-electron chi connectivity index (χ4n) is 12.9. The number of allylic oxidation sites excluding steroid dienone is 1. The lowest BCUT2D eigenvalue weighted by molar-refractivity contribution is -0.280. The Morgan fingerprint density at radius 1 is 0.875 bits per heavy atom. The summed E-state index contributed by atoms with van der Waals surface area (Å²) < 4.78 is 19.0. The summed E-state index contributed by atoms with van der Waals surface area (Å²) in [6.07, 6.45) is 7.68. The summed E-state index contributed by atoms with van der Waals surface area (Å²) in [5.41, 5.74) is 11.8. The standard InChI is InChI=1S/C41H48N4O3/c1-6-21-18-45-34-17-27-38-26-13-30-24-15-35-39-25(22-9-7-8-10-31(22)43(39)4)16-33(42(35)3)29(24)20-47-41(30,2)48-37(26)12-11-32(38)44(5)40(27)36(45)14-23(21)28(34)19-46/h6-12,23-24,28-30,33-36,46H,13-20H2,1-5H3. The Kier molecular flexibility index (Phi) is 5.72. The van der Waals surface area contributed by atoms with Gasteiger partial charge in [0.05, 0.1) is 18.7 Å². The first-order valence-corrected chi connectivity index (χ1v) is 18.6. The number of aliphatic hydroxyl groups is 1. The highest BCUT2D eigenvalue weighted by Crippen LogP contribution is 2.59. The number of likely N-dealkylation sites (N-methyl/N-ethyl adjacent to an activating group) is 1. The van der Waals surface area contributed by atoms with Crippen molar-refractivity contribution in [2.24, 2.45) is 43.7 Å². The van der Waals surface area contributed by atoms with E-state index in [1.165, 1.54) is 49.9 Å². The number of hydrogen-bond donors (Lipinski definition) is 1. The molecule has 0 saturated carbocycles. The quantitative estimate of drug-likeness (QED) is 0.256. The molecule has 5 saturated heterocycles. The van der Waals surface area contributed by atoms with Gasteiger partial charge >= 0.3 is 0 Å². The number of para-hydroxylation sites is 1. The number of piperidine rings is 4. The van der Waals surface area contributed by atoms with Gasteiger partial charge in [-0.3, -0.25) is 9.80 Å². The summed E-state index contributed by atoms with van der Waals surface area (Å²) in [6.45, 7) is 6.49. The Balaban J connectivity index is 1.02. The molecule has 10 heterocycles. The molecule has 2 aromatic heterocycles. The van der Waals surface area contributed by atoms with Gasteiger partial charge in [-0.05, 0) is 87.2 Å². The Morgan fingerprint density at radius 3 is 2.50 bits per heavy atom. The van der Waals surface area contributed by atoms with Gasteiger partial charge in [0.25, 0.3) is 0 Å². The molecule has 7 nitrogen and oxygen atoms in total. The van der Waals surface area contributed by atoms with Crippen molar-refractivity contribution < 1.29 is 14.6 Å². The van der Waals surface area contributed by atoms with E-state index in [0.29, 0.717) is 53.8 Å². The lowest BCUT2D eigenvalue weighted by Crippen LogP contribution is -2.64. The molecule has 8 aliphatic heterocycles. The third-order valence-corrected chi connectivity index (χ3v) is 15.1. The van der Waals surface area contributed by atoms with Crippen molar-refractivity contribution in [2.45, 2.75) is 75.9 Å². The molecule has 12 rings (SSSR count). The summed E-state index contributed by atoms with van der Waals surface area (Å²) in [4.78, 5) is 5.42. The van der Waals surface area contributed by atoms with E-state index in [-0.39, 0.29) is 6.61 Å². The summed E-state index contributed by atoms with van der Waals surface area (Å²) in [6, 6.07) is 15.2. The molecule has 250 valence electrons. The van der Waals surface area contributed by atoms with Gasteiger partial charge in [0, 0.05) is 103 Å². The van der Waals surface area contributed by atoms with Crippen LogP contribution >= 0.6 is 0 Å². The van der Waals surface area contributed by atoms with Crippen LogP contribution in [0.3, 0.4) is 0 Å². The third kappa shape index (κ3) is 3.35. The number of rotatable bonds is 1. The number of nitrogens with zero attached hydrogens (tertiary/aromatic N) is 4. The minimum Gasteiger partial charge on any atom is -0.462 e. The second-order valence-corrected chi connectivity index (χ2v) is 16.6. The maximum Gasteiger partial charge on any atom is 0.211 e. The highest BCUT2D eigenvalue weighted by atomic mass is 16.7. The van der Waals surface area contributed by atoms with Gasteiger partial charge in [-0.2, -0.15) is 0 Å². The van der Waals surface area contributed by atoms with Gasteiger partial charge in [-0.15, -0.1) is 0 Å². The number of aromatic nitrogens is 2. The van der Waals surface area contributed by atoms with Crippen LogP contribution in [0.25, 0.3) is 21.8 Å². The Labute approximate surface area is 283 Å². The highest BCUT2D eigenvalue weighted by molar-refractivity contribution is 5.92. The van der Waals surface area contributed by atoms with Crippen LogP contribution in [0.5, 0.6) is 5.75 Å². The third-order valence-electron chi connectivity index (χ3n) is 15.1. The van der Waals surface area contributed by atoms with Gasteiger partial charge in [0.2, 0.25) is 5.79 Å². The molecule has 2 aromatic carbocycles. The van der Waals surface area contributed by atoms with E-state index in [1.807, 2.05) is 0 Å². The van der Waals surface area contributed by atoms with Crippen LogP contribution in [0.15, 0.2) is 48.0 Å². The molecule has 6 bridgehead atoms. The minimum absolute atomic E-state index is 0.271. The zero-order valence-corrected chi connectivity index (χ0v) is 28.9. The van der Waals surface area contributed by atoms with Gasteiger partial charge < -0.3 is 23.7 Å². The maximum atomic E-state index is 10.7. The van der Waals surface area contributed by atoms with Crippen molar-refractivity contribution in [1.29, 1.82) is 0 Å². The first-order chi connectivity index (χ1) is 23.3. The van der Waals surface area contributed by atoms with Gasteiger partial charge in [-0.1, -0.05) is 29.8 Å². The second-order valence-electron chi connectivity index (χ2n) is 16.6. The van der Waals surface area contributed by atoms with Crippen LogP contribution in [0, 0.1) is 29.6 Å². The lowest BCUT2D eigenvalue weighted by Gasteiger charge is -2.59. The molecule has 48 heavy (non-hydrogen) atoms. The van der Waals surface area contributed by atoms with Crippen molar-refractivity contribution in [3.63, 3.8) is 0 Å². The molecule has 7 heteroatoms. The molecular formula is C41H48N4O3. The van der Waals surface area contributed by atoms with Crippen molar-refractivity contribution >= 4 is 21.8 Å². The van der Waals surface area contributed by atoms with Crippen LogP contribution in [-0.2, 0) is 38.1 Å². The first-order valence-electron chi connectivity index (χ1n) is 18.6. The van der Waals surface area contributed by atoms with Crippen LogP contribution in [0.4, 0.5) is 0 Å². The number of aryl methyl sites for hydroxylation is 2. The molecule has 8 aliphatic rings. The molecular weight excluding hydrogens is 596 g/mol. The van der Waals surface area contributed by atoms with Crippen molar-refractivity contribution in [1.82, 2.24) is 18.9 Å². The topological polar surface area (TPSA) is 55.0 Å². The molecule has 0 spiro atoms. The number of aliphatic hydroxyl groups excluding tert-OH is 1. The molecule has 1 N–H and O–H groups in total. The monoisotopic (exact) mass is 644 g/mol. The predicted octanol–water partition coefficient (Wildman–Crippen LogP) is 6.06. The first kappa shape index (κ1) is 28.7. The van der Waals surface area contributed by atoms with E-state index in [2.05, 4.69) is 96.4 Å². The zero-order chi connectivity index (χ0) is 32.4. The zero-order valence-electron chi connectivity index (χ0n) is 28.9. The van der Waals surface area contributed by atoms with Gasteiger partial charge in [0.15, 0.2) is 0 Å². The number of fused-ring (bicyclic) bond motifs is 16. The summed E-state index contributed by atoms with van der Waals surface area (Å²) in [7, 11) is 6.94. The summed E-state index contributed by atoms with van der Waals surface area (Å²) in [5.74, 6) is 2.52. The Hall–Kier alpha value is -3.10. The minimum atomic E-state index is -0.616. The van der Waals surface area contributed by atoms with Crippen molar-refractivity contribution in [2.75, 3.05) is 26.8 Å². The van der Waals surface area contributed by atoms with Crippen LogP contribution in [0.2, 0.25) is 0 Å². The van der Waals surface area contributed by atoms with E-state index in [1.54, 1.807) is 5.56 Å². The number of hydrogen-bond acceptors (Lipinski definition) is 5. The lowest BCUT2D eigenvalue weighted by atomic mass is 9.61. The van der Waals surface area contributed by atoms with Crippen LogP contribution in [0.1, 0.15) is 66.9 Å². The normalized spacial score (nSPS) is 39.9. The van der Waals surface area contributed by atoms with Crippen LogP contribution in [-0.4, -0.2) is 68.7 Å². The fraction of sp³-hybridized carbons (Fsp3) is 0.561. The second kappa shape index (κ2) is 9.57. The molecule has 11 unspecified atom stereocenters. The number of benzene rings is 2. The van der Waals surface area contributed by atoms with Crippen molar-refractivity contribution in [3.05, 3.63) is 76.1 Å². The fourth-order valence-corrected chi connectivity index (χ4v) is 12.9. The van der Waals surface area contributed by atoms with Gasteiger partial charge in [-0.25, -0.2) is 0 Å². The Morgan fingerprint density at radius 2 is 1.67 bits per heavy atom. The molecule has 5 fully saturated rings. The number of ether oxygens (including phenoxy) is 2. The highest BCUT2D eigenvalue weighted by Gasteiger charge is 2.59. The average Bonchev–Trinajstić information content (AvgIpc) is 3.53. The van der Waals surface area contributed by atoms with Gasteiger partial charge in [0.1, 0.15) is 5.75 Å². The smallest absolute Gasteiger partial charge is 0.211 e. The van der Waals surface area contributed by atoms with E-state index in [0.717, 1.165) is 51.0 Å².